The average Bonchev–Trinajstić information content (AvgIpc) is 1.98. The molecular weight excluding hydrogens is 160 g/mol. The van der Waals surface area contributed by atoms with E-state index in [1.807, 2.05) is 0 Å². The Hall–Kier alpha value is -1.32. The van der Waals surface area contributed by atoms with E-state index in [9.17, 15) is 9.59 Å². The van der Waals surface area contributed by atoms with Crippen molar-refractivity contribution in [3.63, 3.8) is 0 Å². The van der Waals surface area contributed by atoms with Crippen LogP contribution in [0.4, 0.5) is 0 Å². The number of allylic oxidation sites excluding steroid dienone is 1. The highest BCUT2D eigenvalue weighted by Crippen LogP contribution is 2.05. The van der Waals surface area contributed by atoms with Gasteiger partial charge >= 0.3 is 11.9 Å². The summed E-state index contributed by atoms with van der Waals surface area (Å²) < 4.78 is 0. The average molecular weight is 172 g/mol. The number of carboxylic acids is 2. The quantitative estimate of drug-likeness (QED) is 0.623. The topological polar surface area (TPSA) is 74.6 Å². The van der Waals surface area contributed by atoms with Gasteiger partial charge in [0.15, 0.2) is 0 Å². The Balaban J connectivity index is 4.04. The highest BCUT2D eigenvalue weighted by molar-refractivity contribution is 5.85. The second-order valence-electron chi connectivity index (χ2n) is 2.67. The normalized spacial score (nSPS) is 14.0. The van der Waals surface area contributed by atoms with Crippen molar-refractivity contribution in [2.24, 2.45) is 5.92 Å². The van der Waals surface area contributed by atoms with E-state index in [-0.39, 0.29) is 12.0 Å². The van der Waals surface area contributed by atoms with Crippen LogP contribution in [0.3, 0.4) is 0 Å². The van der Waals surface area contributed by atoms with Crippen LogP contribution >= 0.6 is 0 Å². The molecule has 0 aliphatic carbocycles. The number of rotatable bonds is 4. The Labute approximate surface area is 70.5 Å². The lowest BCUT2D eigenvalue weighted by molar-refractivity contribution is -0.141. The molecule has 0 radical (unpaired) electrons. The lowest BCUT2D eigenvalue weighted by Crippen LogP contribution is -2.08. The van der Waals surface area contributed by atoms with E-state index < -0.39 is 17.9 Å². The summed E-state index contributed by atoms with van der Waals surface area (Å²) in [5.41, 5.74) is 0.183. The molecule has 1 unspecified atom stereocenters. The molecule has 0 heterocycles. The van der Waals surface area contributed by atoms with Gasteiger partial charge in [0.2, 0.25) is 0 Å². The SMILES string of the molecule is C/C(=C\CC(C)C(=O)O)C(=O)O. The summed E-state index contributed by atoms with van der Waals surface area (Å²) in [6.45, 7) is 2.98. The molecule has 0 aromatic heterocycles. The van der Waals surface area contributed by atoms with Gasteiger partial charge in [-0.1, -0.05) is 13.0 Å². The Morgan fingerprint density at radius 3 is 2.25 bits per heavy atom. The number of aliphatic carboxylic acids is 2. The second kappa shape index (κ2) is 4.54. The van der Waals surface area contributed by atoms with Crippen LogP contribution in [0.25, 0.3) is 0 Å². The third-order valence-corrected chi connectivity index (χ3v) is 1.54. The van der Waals surface area contributed by atoms with Crippen LogP contribution in [0.15, 0.2) is 11.6 Å². The van der Waals surface area contributed by atoms with Gasteiger partial charge in [0.1, 0.15) is 0 Å². The molecule has 0 saturated heterocycles. The van der Waals surface area contributed by atoms with Crippen LogP contribution in [-0.2, 0) is 9.59 Å². The van der Waals surface area contributed by atoms with E-state index in [4.69, 9.17) is 10.2 Å². The summed E-state index contributed by atoms with van der Waals surface area (Å²) in [6.07, 6.45) is 1.68. The van der Waals surface area contributed by atoms with E-state index >= 15 is 0 Å². The summed E-state index contributed by atoms with van der Waals surface area (Å²) in [4.78, 5) is 20.6. The molecule has 0 aliphatic rings. The smallest absolute Gasteiger partial charge is 0.330 e. The first-order chi connectivity index (χ1) is 5.45. The number of hydrogen-bond acceptors (Lipinski definition) is 2. The molecule has 0 aromatic carbocycles. The van der Waals surface area contributed by atoms with Gasteiger partial charge in [-0.05, 0) is 13.3 Å². The minimum absolute atomic E-state index is 0.183. The molecular formula is C8H12O4. The molecule has 12 heavy (non-hydrogen) atoms. The van der Waals surface area contributed by atoms with E-state index in [1.165, 1.54) is 19.9 Å². The highest BCUT2D eigenvalue weighted by atomic mass is 16.4. The molecule has 1 atom stereocenters. The molecule has 0 aromatic rings. The molecule has 0 bridgehead atoms. The van der Waals surface area contributed by atoms with Gasteiger partial charge in [-0.2, -0.15) is 0 Å². The zero-order valence-electron chi connectivity index (χ0n) is 7.07. The van der Waals surface area contributed by atoms with Crippen LogP contribution in [0.1, 0.15) is 20.3 Å². The number of carboxylic acid groups (broad SMARTS) is 2. The maximum absolute atomic E-state index is 10.3. The van der Waals surface area contributed by atoms with Gasteiger partial charge < -0.3 is 10.2 Å². The van der Waals surface area contributed by atoms with Crippen LogP contribution < -0.4 is 0 Å². The highest BCUT2D eigenvalue weighted by Gasteiger charge is 2.09. The third kappa shape index (κ3) is 3.75. The Morgan fingerprint density at radius 2 is 1.92 bits per heavy atom. The van der Waals surface area contributed by atoms with Gasteiger partial charge in [-0.25, -0.2) is 4.79 Å². The molecule has 2 N–H and O–H groups in total. The van der Waals surface area contributed by atoms with Crippen LogP contribution in [0.5, 0.6) is 0 Å². The molecule has 0 rings (SSSR count). The summed E-state index contributed by atoms with van der Waals surface area (Å²) in [6, 6.07) is 0. The monoisotopic (exact) mass is 172 g/mol. The van der Waals surface area contributed by atoms with E-state index in [0.29, 0.717) is 0 Å². The first kappa shape index (κ1) is 10.7. The van der Waals surface area contributed by atoms with E-state index in [0.717, 1.165) is 0 Å². The van der Waals surface area contributed by atoms with E-state index in [1.54, 1.807) is 0 Å². The first-order valence-corrected chi connectivity index (χ1v) is 3.58. The molecule has 4 nitrogen and oxygen atoms in total. The van der Waals surface area contributed by atoms with Crippen molar-refractivity contribution in [3.05, 3.63) is 11.6 Å². The summed E-state index contributed by atoms with van der Waals surface area (Å²) in [5.74, 6) is -2.45. The summed E-state index contributed by atoms with van der Waals surface area (Å²) >= 11 is 0. The zero-order chi connectivity index (χ0) is 9.72. The third-order valence-electron chi connectivity index (χ3n) is 1.54. The van der Waals surface area contributed by atoms with Crippen molar-refractivity contribution in [3.8, 4) is 0 Å². The maximum atomic E-state index is 10.3. The zero-order valence-corrected chi connectivity index (χ0v) is 7.07. The number of carbonyl (C=O) groups is 2. The molecule has 0 amide bonds. The van der Waals surface area contributed by atoms with Crippen molar-refractivity contribution in [2.45, 2.75) is 20.3 Å². The van der Waals surface area contributed by atoms with Gasteiger partial charge in [0, 0.05) is 5.57 Å². The largest absolute Gasteiger partial charge is 0.481 e. The molecule has 0 saturated carbocycles. The summed E-state index contributed by atoms with van der Waals surface area (Å²) in [7, 11) is 0. The lowest BCUT2D eigenvalue weighted by atomic mass is 10.1. The van der Waals surface area contributed by atoms with Crippen molar-refractivity contribution in [1.29, 1.82) is 0 Å². The Morgan fingerprint density at radius 1 is 1.42 bits per heavy atom. The van der Waals surface area contributed by atoms with Crippen molar-refractivity contribution in [1.82, 2.24) is 0 Å². The summed E-state index contributed by atoms with van der Waals surface area (Å²) in [5, 5.41) is 16.9. The minimum atomic E-state index is -1.01. The van der Waals surface area contributed by atoms with Gasteiger partial charge in [0.05, 0.1) is 5.92 Å². The maximum Gasteiger partial charge on any atom is 0.330 e. The van der Waals surface area contributed by atoms with Crippen molar-refractivity contribution in [2.75, 3.05) is 0 Å². The molecule has 68 valence electrons. The van der Waals surface area contributed by atoms with Crippen molar-refractivity contribution >= 4 is 11.9 Å². The fourth-order valence-electron chi connectivity index (χ4n) is 0.542. The molecule has 0 aliphatic heterocycles. The van der Waals surface area contributed by atoms with Crippen LogP contribution in [0.2, 0.25) is 0 Å². The fraction of sp³-hybridized carbons (Fsp3) is 0.500. The Bertz CT molecular complexity index is 217. The predicted octanol–water partition coefficient (Wildman–Crippen LogP) is 1.13. The standard InChI is InChI=1S/C8H12O4/c1-5(7(9)10)3-4-6(2)8(11)12/h3,6H,4H2,1-2H3,(H,9,10)(H,11,12)/b5-3+. The van der Waals surface area contributed by atoms with Gasteiger partial charge in [0.25, 0.3) is 0 Å². The molecule has 4 heteroatoms. The number of hydrogen-bond donors (Lipinski definition) is 2. The molecule has 0 fully saturated rings. The van der Waals surface area contributed by atoms with Crippen LogP contribution in [-0.4, -0.2) is 22.2 Å². The van der Waals surface area contributed by atoms with E-state index in [2.05, 4.69) is 0 Å². The fourth-order valence-corrected chi connectivity index (χ4v) is 0.542. The van der Waals surface area contributed by atoms with Gasteiger partial charge in [-0.15, -0.1) is 0 Å². The minimum Gasteiger partial charge on any atom is -0.481 e. The van der Waals surface area contributed by atoms with Crippen molar-refractivity contribution < 1.29 is 19.8 Å². The predicted molar refractivity (Wildman–Crippen MR) is 42.8 cm³/mol. The Kier molecular flexibility index (Phi) is 4.04. The second-order valence-corrected chi connectivity index (χ2v) is 2.67. The van der Waals surface area contributed by atoms with Gasteiger partial charge in [-0.3, -0.25) is 4.79 Å². The first-order valence-electron chi connectivity index (χ1n) is 3.58. The van der Waals surface area contributed by atoms with Crippen LogP contribution in [0, 0.1) is 5.92 Å². The lowest BCUT2D eigenvalue weighted by Gasteiger charge is -2.00. The molecule has 0 spiro atoms.